The first-order valence-electron chi connectivity index (χ1n) is 5.32. The van der Waals surface area contributed by atoms with Gasteiger partial charge in [0, 0.05) is 17.4 Å². The number of nitrogens with two attached hydrogens (primary N) is 1. The summed E-state index contributed by atoms with van der Waals surface area (Å²) in [5.41, 5.74) is 9.70. The molecule has 4 heteroatoms. The van der Waals surface area contributed by atoms with Gasteiger partial charge in [0.2, 0.25) is 0 Å². The Morgan fingerprint density at radius 1 is 1.18 bits per heavy atom. The summed E-state index contributed by atoms with van der Waals surface area (Å²) in [6.07, 6.45) is 0. The Morgan fingerprint density at radius 3 is 2.59 bits per heavy atom. The number of nitrogens with one attached hydrogen (secondary N) is 1. The highest BCUT2D eigenvalue weighted by atomic mass is 35.5. The minimum atomic E-state index is 0.386. The third kappa shape index (κ3) is 2.88. The van der Waals surface area contributed by atoms with Crippen molar-refractivity contribution in [2.45, 2.75) is 13.8 Å². The van der Waals surface area contributed by atoms with Gasteiger partial charge in [0.05, 0.1) is 0 Å². The molecule has 0 aliphatic heterocycles. The normalized spacial score (nSPS) is 10.3. The lowest BCUT2D eigenvalue weighted by Gasteiger charge is -2.10. The Hall–Kier alpha value is -1.74. The fourth-order valence-corrected chi connectivity index (χ4v) is 1.89. The molecule has 88 valence electrons. The van der Waals surface area contributed by atoms with Crippen molar-refractivity contribution in [3.8, 4) is 0 Å². The smallest absolute Gasteiger partial charge is 0.134 e. The van der Waals surface area contributed by atoms with Gasteiger partial charge in [-0.25, -0.2) is 4.98 Å². The molecule has 2 aromatic rings. The first-order chi connectivity index (χ1) is 8.04. The summed E-state index contributed by atoms with van der Waals surface area (Å²) >= 11 is 5.85. The van der Waals surface area contributed by atoms with Gasteiger partial charge in [-0.2, -0.15) is 0 Å². The van der Waals surface area contributed by atoms with Crippen LogP contribution in [0.15, 0.2) is 30.3 Å². The number of nitrogen functional groups attached to an aromatic ring is 1. The quantitative estimate of drug-likeness (QED) is 0.796. The molecule has 0 bridgehead atoms. The highest BCUT2D eigenvalue weighted by Crippen LogP contribution is 2.23. The van der Waals surface area contributed by atoms with Gasteiger partial charge >= 0.3 is 0 Å². The van der Waals surface area contributed by atoms with Crippen molar-refractivity contribution in [3.63, 3.8) is 0 Å². The van der Waals surface area contributed by atoms with E-state index in [9.17, 15) is 0 Å². The summed E-state index contributed by atoms with van der Waals surface area (Å²) in [5.74, 6) is 0.655. The van der Waals surface area contributed by atoms with E-state index in [1.807, 2.05) is 19.1 Å². The molecule has 1 heterocycles. The molecule has 2 rings (SSSR count). The summed E-state index contributed by atoms with van der Waals surface area (Å²) in [4.78, 5) is 4.17. The van der Waals surface area contributed by atoms with E-state index < -0.39 is 0 Å². The summed E-state index contributed by atoms with van der Waals surface area (Å²) in [5, 5.41) is 3.59. The zero-order valence-corrected chi connectivity index (χ0v) is 10.5. The summed E-state index contributed by atoms with van der Waals surface area (Å²) in [6, 6.07) is 9.54. The van der Waals surface area contributed by atoms with Crippen LogP contribution < -0.4 is 11.1 Å². The number of aromatic nitrogens is 1. The van der Waals surface area contributed by atoms with Crippen LogP contribution in [0.3, 0.4) is 0 Å². The predicted molar refractivity (Wildman–Crippen MR) is 72.9 cm³/mol. The van der Waals surface area contributed by atoms with Crippen LogP contribution in [0.1, 0.15) is 11.1 Å². The number of halogens is 1. The highest BCUT2D eigenvalue weighted by Gasteiger charge is 2.02. The maximum atomic E-state index is 5.85. The Balaban J connectivity index is 2.31. The lowest BCUT2D eigenvalue weighted by Crippen LogP contribution is -1.97. The molecule has 3 nitrogen and oxygen atoms in total. The van der Waals surface area contributed by atoms with E-state index in [-0.39, 0.29) is 0 Å². The molecule has 0 saturated carbocycles. The van der Waals surface area contributed by atoms with Gasteiger partial charge in [-0.1, -0.05) is 29.3 Å². The van der Waals surface area contributed by atoms with Crippen LogP contribution in [0.2, 0.25) is 5.15 Å². The van der Waals surface area contributed by atoms with Crippen LogP contribution in [-0.4, -0.2) is 4.98 Å². The monoisotopic (exact) mass is 247 g/mol. The topological polar surface area (TPSA) is 50.9 Å². The second-order valence-corrected chi connectivity index (χ2v) is 4.44. The summed E-state index contributed by atoms with van der Waals surface area (Å²) in [7, 11) is 0. The highest BCUT2D eigenvalue weighted by molar-refractivity contribution is 6.29. The van der Waals surface area contributed by atoms with E-state index in [0.29, 0.717) is 16.7 Å². The van der Waals surface area contributed by atoms with Crippen molar-refractivity contribution in [2.24, 2.45) is 0 Å². The molecule has 0 aliphatic rings. The first-order valence-corrected chi connectivity index (χ1v) is 5.70. The van der Waals surface area contributed by atoms with Crippen LogP contribution in [0.25, 0.3) is 0 Å². The lowest BCUT2D eigenvalue weighted by atomic mass is 10.1. The molecule has 0 saturated heterocycles. The van der Waals surface area contributed by atoms with Gasteiger partial charge in [0.1, 0.15) is 11.0 Å². The van der Waals surface area contributed by atoms with Gasteiger partial charge in [-0.3, -0.25) is 0 Å². The fourth-order valence-electron chi connectivity index (χ4n) is 1.67. The van der Waals surface area contributed by atoms with E-state index in [0.717, 1.165) is 11.3 Å². The Morgan fingerprint density at radius 2 is 1.94 bits per heavy atom. The number of hydrogen-bond donors (Lipinski definition) is 2. The van der Waals surface area contributed by atoms with Gasteiger partial charge in [0.25, 0.3) is 0 Å². The molecule has 1 aromatic carbocycles. The third-order valence-corrected chi connectivity index (χ3v) is 2.65. The summed E-state index contributed by atoms with van der Waals surface area (Å²) < 4.78 is 0. The van der Waals surface area contributed by atoms with E-state index in [2.05, 4.69) is 23.3 Å². The van der Waals surface area contributed by atoms with E-state index in [1.165, 1.54) is 5.56 Å². The Kier molecular flexibility index (Phi) is 3.20. The molecule has 0 amide bonds. The number of rotatable bonds is 2. The number of anilines is 3. The summed E-state index contributed by atoms with van der Waals surface area (Å²) in [6.45, 7) is 4.11. The average molecular weight is 248 g/mol. The second-order valence-electron chi connectivity index (χ2n) is 4.05. The minimum Gasteiger partial charge on any atom is -0.399 e. The zero-order valence-electron chi connectivity index (χ0n) is 9.79. The standard InChI is InChI=1S/C13H14ClN3/c1-8-3-4-11(9(2)5-8)16-13-7-10(15)6-12(14)17-13/h3-7H,1-2H3,(H3,15,16,17). The molecule has 0 aliphatic carbocycles. The molecule has 0 radical (unpaired) electrons. The molecule has 1 aromatic heterocycles. The van der Waals surface area contributed by atoms with Crippen LogP contribution in [0.5, 0.6) is 0 Å². The SMILES string of the molecule is Cc1ccc(Nc2cc(N)cc(Cl)n2)c(C)c1. The van der Waals surface area contributed by atoms with Gasteiger partial charge in [0.15, 0.2) is 0 Å². The lowest BCUT2D eigenvalue weighted by molar-refractivity contribution is 1.29. The number of pyridine rings is 1. The molecule has 0 spiro atoms. The minimum absolute atomic E-state index is 0.386. The van der Waals surface area contributed by atoms with Crippen molar-refractivity contribution in [1.29, 1.82) is 0 Å². The zero-order chi connectivity index (χ0) is 12.4. The Labute approximate surface area is 106 Å². The van der Waals surface area contributed by atoms with Gasteiger partial charge in [-0.05, 0) is 31.5 Å². The molecule has 0 unspecified atom stereocenters. The number of hydrogen-bond acceptors (Lipinski definition) is 3. The average Bonchev–Trinajstić information content (AvgIpc) is 2.21. The molecular formula is C13H14ClN3. The number of nitrogens with zero attached hydrogens (tertiary/aromatic N) is 1. The van der Waals surface area contributed by atoms with Crippen LogP contribution in [0, 0.1) is 13.8 Å². The third-order valence-electron chi connectivity index (χ3n) is 2.46. The van der Waals surface area contributed by atoms with Crippen LogP contribution in [0.4, 0.5) is 17.2 Å². The van der Waals surface area contributed by atoms with Gasteiger partial charge in [-0.15, -0.1) is 0 Å². The maximum absolute atomic E-state index is 5.85. The first kappa shape index (κ1) is 11.7. The van der Waals surface area contributed by atoms with E-state index in [4.69, 9.17) is 17.3 Å². The maximum Gasteiger partial charge on any atom is 0.134 e. The molecular weight excluding hydrogens is 234 g/mol. The van der Waals surface area contributed by atoms with Crippen molar-refractivity contribution in [2.75, 3.05) is 11.1 Å². The molecule has 0 fully saturated rings. The van der Waals surface area contributed by atoms with E-state index >= 15 is 0 Å². The fraction of sp³-hybridized carbons (Fsp3) is 0.154. The Bertz CT molecular complexity index is 532. The predicted octanol–water partition coefficient (Wildman–Crippen LogP) is 3.68. The van der Waals surface area contributed by atoms with E-state index in [1.54, 1.807) is 12.1 Å². The number of benzene rings is 1. The van der Waals surface area contributed by atoms with Crippen molar-refractivity contribution in [3.05, 3.63) is 46.6 Å². The van der Waals surface area contributed by atoms with Crippen LogP contribution in [-0.2, 0) is 0 Å². The molecule has 17 heavy (non-hydrogen) atoms. The second kappa shape index (κ2) is 4.63. The molecule has 3 N–H and O–H groups in total. The molecule has 0 atom stereocenters. The largest absolute Gasteiger partial charge is 0.399 e. The number of aryl methyl sites for hydroxylation is 2. The van der Waals surface area contributed by atoms with Crippen molar-refractivity contribution >= 4 is 28.8 Å². The van der Waals surface area contributed by atoms with Gasteiger partial charge < -0.3 is 11.1 Å². The van der Waals surface area contributed by atoms with Crippen molar-refractivity contribution < 1.29 is 0 Å². The van der Waals surface area contributed by atoms with Crippen LogP contribution >= 0.6 is 11.6 Å². The van der Waals surface area contributed by atoms with Crippen molar-refractivity contribution in [1.82, 2.24) is 4.98 Å².